The molecule has 5 nitrogen and oxygen atoms in total. The van der Waals surface area contributed by atoms with E-state index in [0.717, 1.165) is 18.4 Å². The first-order valence-electron chi connectivity index (χ1n) is 6.67. The molecule has 0 spiro atoms. The van der Waals surface area contributed by atoms with Crippen LogP contribution in [0, 0.1) is 0 Å². The number of aromatic nitrogens is 1. The van der Waals surface area contributed by atoms with E-state index in [1.807, 2.05) is 12.1 Å². The first-order valence-corrected chi connectivity index (χ1v) is 8.15. The van der Waals surface area contributed by atoms with Crippen molar-refractivity contribution in [3.63, 3.8) is 0 Å². The minimum atomic E-state index is -3.60. The highest BCUT2D eigenvalue weighted by atomic mass is 32.2. The Morgan fingerprint density at radius 2 is 1.86 bits per heavy atom. The summed E-state index contributed by atoms with van der Waals surface area (Å²) in [5.74, 6) is 0.432. The number of aryl methyl sites for hydroxylation is 1. The zero-order valence-corrected chi connectivity index (χ0v) is 12.9. The van der Waals surface area contributed by atoms with Crippen LogP contribution in [0.1, 0.15) is 18.9 Å². The van der Waals surface area contributed by atoms with Crippen LogP contribution in [0.15, 0.2) is 47.5 Å². The third-order valence-corrected chi connectivity index (χ3v) is 4.37. The summed E-state index contributed by atoms with van der Waals surface area (Å²) in [4.78, 5) is 4.20. The van der Waals surface area contributed by atoms with E-state index in [1.54, 1.807) is 24.3 Å². The van der Waals surface area contributed by atoms with Crippen LogP contribution in [0.2, 0.25) is 0 Å². The van der Waals surface area contributed by atoms with Gasteiger partial charge >= 0.3 is 0 Å². The number of anilines is 1. The third-order valence-electron chi connectivity index (χ3n) is 2.97. The first-order chi connectivity index (χ1) is 10.0. The van der Waals surface area contributed by atoms with E-state index in [-0.39, 0.29) is 4.90 Å². The van der Waals surface area contributed by atoms with Gasteiger partial charge in [0.15, 0.2) is 0 Å². The highest BCUT2D eigenvalue weighted by Crippen LogP contribution is 2.18. The molecule has 2 aromatic rings. The molecule has 0 unspecified atom stereocenters. The van der Waals surface area contributed by atoms with Crippen molar-refractivity contribution in [2.24, 2.45) is 0 Å². The van der Waals surface area contributed by atoms with Gasteiger partial charge in [-0.25, -0.2) is 13.4 Å². The molecule has 0 amide bonds. The Bertz CT molecular complexity index is 680. The summed E-state index contributed by atoms with van der Waals surface area (Å²) in [6, 6.07) is 10.1. The Morgan fingerprint density at radius 3 is 2.38 bits per heavy atom. The molecule has 1 aromatic carbocycles. The number of methoxy groups -OCH3 is 1. The van der Waals surface area contributed by atoms with Gasteiger partial charge in [-0.2, -0.15) is 0 Å². The van der Waals surface area contributed by atoms with Gasteiger partial charge in [0.25, 0.3) is 10.0 Å². The highest BCUT2D eigenvalue weighted by molar-refractivity contribution is 7.92. The number of hydrogen-bond donors (Lipinski definition) is 1. The number of benzene rings is 1. The van der Waals surface area contributed by atoms with Gasteiger partial charge in [-0.3, -0.25) is 4.72 Å². The van der Waals surface area contributed by atoms with Crippen molar-refractivity contribution >= 4 is 15.7 Å². The van der Waals surface area contributed by atoms with Crippen molar-refractivity contribution in [3.8, 4) is 5.88 Å². The summed E-state index contributed by atoms with van der Waals surface area (Å²) >= 11 is 0. The molecule has 6 heteroatoms. The monoisotopic (exact) mass is 306 g/mol. The van der Waals surface area contributed by atoms with Gasteiger partial charge in [-0.15, -0.1) is 0 Å². The zero-order chi connectivity index (χ0) is 15.3. The number of hydrogen-bond acceptors (Lipinski definition) is 4. The number of nitrogens with one attached hydrogen (secondary N) is 1. The van der Waals surface area contributed by atoms with Crippen LogP contribution in [-0.2, 0) is 16.4 Å². The van der Waals surface area contributed by atoms with E-state index in [4.69, 9.17) is 4.74 Å². The van der Waals surface area contributed by atoms with Gasteiger partial charge in [0, 0.05) is 6.07 Å². The van der Waals surface area contributed by atoms with Crippen LogP contribution in [-0.4, -0.2) is 20.5 Å². The van der Waals surface area contributed by atoms with E-state index < -0.39 is 10.0 Å². The van der Waals surface area contributed by atoms with Gasteiger partial charge in [-0.1, -0.05) is 25.5 Å². The van der Waals surface area contributed by atoms with Crippen LogP contribution in [0.3, 0.4) is 0 Å². The molecule has 0 aliphatic carbocycles. The predicted octanol–water partition coefficient (Wildman–Crippen LogP) is 2.84. The van der Waals surface area contributed by atoms with E-state index >= 15 is 0 Å². The number of sulfonamides is 1. The molecule has 0 radical (unpaired) electrons. The Hall–Kier alpha value is -2.08. The summed E-state index contributed by atoms with van der Waals surface area (Å²) < 4.78 is 31.9. The molecule has 1 N–H and O–H groups in total. The normalized spacial score (nSPS) is 11.1. The SMILES string of the molecule is CCCc1ccc(S(=O)(=O)Nc2ccc(OC)nc2)cc1. The molecule has 0 atom stereocenters. The number of nitrogens with zero attached hydrogens (tertiary/aromatic N) is 1. The van der Waals surface area contributed by atoms with Crippen LogP contribution in [0.4, 0.5) is 5.69 Å². The predicted molar refractivity (Wildman–Crippen MR) is 82.0 cm³/mol. The molecule has 0 saturated carbocycles. The summed E-state index contributed by atoms with van der Waals surface area (Å²) in [5, 5.41) is 0. The minimum absolute atomic E-state index is 0.234. The van der Waals surface area contributed by atoms with Crippen LogP contribution < -0.4 is 9.46 Å². The zero-order valence-electron chi connectivity index (χ0n) is 12.0. The molecule has 0 fully saturated rings. The number of ether oxygens (including phenoxy) is 1. The van der Waals surface area contributed by atoms with Crippen molar-refractivity contribution in [1.29, 1.82) is 0 Å². The lowest BCUT2D eigenvalue weighted by Gasteiger charge is -2.09. The average molecular weight is 306 g/mol. The molecule has 2 rings (SSSR count). The van der Waals surface area contributed by atoms with Gasteiger partial charge in [0.2, 0.25) is 5.88 Å². The molecule has 1 heterocycles. The third kappa shape index (κ3) is 3.95. The summed E-state index contributed by atoms with van der Waals surface area (Å²) in [6.45, 7) is 2.09. The first kappa shape index (κ1) is 15.3. The second-order valence-electron chi connectivity index (χ2n) is 4.59. The quantitative estimate of drug-likeness (QED) is 0.891. The smallest absolute Gasteiger partial charge is 0.261 e. The fourth-order valence-corrected chi connectivity index (χ4v) is 2.94. The van der Waals surface area contributed by atoms with Crippen molar-refractivity contribution in [2.75, 3.05) is 11.8 Å². The minimum Gasteiger partial charge on any atom is -0.481 e. The second-order valence-corrected chi connectivity index (χ2v) is 6.27. The Labute approximate surface area is 125 Å². The molecule has 0 saturated heterocycles. The van der Waals surface area contributed by atoms with Crippen molar-refractivity contribution in [3.05, 3.63) is 48.2 Å². The summed E-state index contributed by atoms with van der Waals surface area (Å²) in [6.07, 6.45) is 3.39. The fraction of sp³-hybridized carbons (Fsp3) is 0.267. The summed E-state index contributed by atoms with van der Waals surface area (Å²) in [7, 11) is -2.09. The fourth-order valence-electron chi connectivity index (χ4n) is 1.90. The van der Waals surface area contributed by atoms with E-state index in [2.05, 4.69) is 16.6 Å². The maximum absolute atomic E-state index is 12.3. The number of rotatable bonds is 6. The maximum Gasteiger partial charge on any atom is 0.261 e. The maximum atomic E-state index is 12.3. The van der Waals surface area contributed by atoms with E-state index in [9.17, 15) is 8.42 Å². The highest BCUT2D eigenvalue weighted by Gasteiger charge is 2.14. The largest absolute Gasteiger partial charge is 0.481 e. The molecule has 112 valence electrons. The Kier molecular flexibility index (Phi) is 4.80. The summed E-state index contributed by atoms with van der Waals surface area (Å²) in [5.41, 5.74) is 1.52. The van der Waals surface area contributed by atoms with Crippen molar-refractivity contribution in [2.45, 2.75) is 24.7 Å². The topological polar surface area (TPSA) is 68.3 Å². The lowest BCUT2D eigenvalue weighted by Crippen LogP contribution is -2.13. The molecule has 0 aliphatic rings. The molecular formula is C15H18N2O3S. The molecule has 21 heavy (non-hydrogen) atoms. The Morgan fingerprint density at radius 1 is 1.14 bits per heavy atom. The van der Waals surface area contributed by atoms with Gasteiger partial charge in [-0.05, 0) is 30.2 Å². The van der Waals surface area contributed by atoms with Crippen LogP contribution in [0.25, 0.3) is 0 Å². The van der Waals surface area contributed by atoms with Gasteiger partial charge in [0.1, 0.15) is 0 Å². The standard InChI is InChI=1S/C15H18N2O3S/c1-3-4-12-5-8-14(9-6-12)21(18,19)17-13-7-10-15(20-2)16-11-13/h5-11,17H,3-4H2,1-2H3. The lowest BCUT2D eigenvalue weighted by atomic mass is 10.1. The van der Waals surface area contributed by atoms with E-state index in [0.29, 0.717) is 11.6 Å². The average Bonchev–Trinajstić information content (AvgIpc) is 2.48. The van der Waals surface area contributed by atoms with Gasteiger partial charge < -0.3 is 4.74 Å². The molecular weight excluding hydrogens is 288 g/mol. The van der Waals surface area contributed by atoms with Gasteiger partial charge in [0.05, 0.1) is 23.9 Å². The molecule has 0 bridgehead atoms. The van der Waals surface area contributed by atoms with Crippen molar-refractivity contribution in [1.82, 2.24) is 4.98 Å². The van der Waals surface area contributed by atoms with Crippen molar-refractivity contribution < 1.29 is 13.2 Å². The lowest BCUT2D eigenvalue weighted by molar-refractivity contribution is 0.398. The Balaban J connectivity index is 2.16. The molecule has 1 aromatic heterocycles. The van der Waals surface area contributed by atoms with Crippen LogP contribution >= 0.6 is 0 Å². The second kappa shape index (κ2) is 6.58. The number of pyridine rings is 1. The molecule has 0 aliphatic heterocycles. The van der Waals surface area contributed by atoms with E-state index in [1.165, 1.54) is 13.3 Å². The van der Waals surface area contributed by atoms with Crippen LogP contribution in [0.5, 0.6) is 5.88 Å².